The van der Waals surface area contributed by atoms with Gasteiger partial charge in [0.25, 0.3) is 0 Å². The fraction of sp³-hybridized carbons (Fsp3) is 0.377. The van der Waals surface area contributed by atoms with Crippen LogP contribution in [0, 0.1) is 30.0 Å². The number of aromatic nitrogens is 6. The minimum absolute atomic E-state index is 0.0193. The van der Waals surface area contributed by atoms with Crippen LogP contribution in [0.5, 0.6) is 11.8 Å². The van der Waals surface area contributed by atoms with Crippen molar-refractivity contribution in [2.45, 2.75) is 109 Å². The van der Waals surface area contributed by atoms with Crippen LogP contribution in [0.1, 0.15) is 86.4 Å². The van der Waals surface area contributed by atoms with Gasteiger partial charge in [-0.05, 0) is 77.8 Å². The zero-order chi connectivity index (χ0) is 58.7. The van der Waals surface area contributed by atoms with Gasteiger partial charge in [0, 0.05) is 85.3 Å². The third kappa shape index (κ3) is 10.7. The van der Waals surface area contributed by atoms with Crippen molar-refractivity contribution in [2.24, 2.45) is 5.92 Å². The SMILES string of the molecule is Cc1cnccc1-c1ccc([C@H](C)NC(=O)[C@@H]2C[C@@H](O)CN2C(=O)[C@H](C(C)C)n2cc(-c3ccc(COc4c(-c5ccc(F)c6sc(N)c(C#N)c56)c(C(F)(F)F)cc5c(N6C[C@@H]7C[C@H]6CN7)nc(OC6CCOCC6)nc45)cc3)nn2)cc1. The lowest BCUT2D eigenvalue weighted by Crippen LogP contribution is -2.49. The van der Waals surface area contributed by atoms with E-state index >= 15 is 17.6 Å². The molecule has 12 rings (SSSR count). The molecule has 4 aromatic carbocycles. The van der Waals surface area contributed by atoms with Crippen molar-refractivity contribution < 1.29 is 46.5 Å². The number of nitrogens with one attached hydrogen (secondary N) is 2. The lowest BCUT2D eigenvalue weighted by Gasteiger charge is -2.31. The Morgan fingerprint density at radius 1 is 1.00 bits per heavy atom. The summed E-state index contributed by atoms with van der Waals surface area (Å²) in [6.45, 7) is 9.20. The van der Waals surface area contributed by atoms with E-state index in [2.05, 4.69) is 25.9 Å². The first-order valence-corrected chi connectivity index (χ1v) is 28.8. The van der Waals surface area contributed by atoms with Gasteiger partial charge >= 0.3 is 12.2 Å². The second-order valence-electron chi connectivity index (χ2n) is 22.4. The number of aliphatic hydroxyl groups is 1. The summed E-state index contributed by atoms with van der Waals surface area (Å²) in [6.07, 6.45) is 0.795. The van der Waals surface area contributed by atoms with Gasteiger partial charge < -0.3 is 45.5 Å². The lowest BCUT2D eigenvalue weighted by molar-refractivity contribution is -0.142. The number of hydrogen-bond acceptors (Lipinski definition) is 16. The summed E-state index contributed by atoms with van der Waals surface area (Å²) in [4.78, 5) is 45.9. The first-order chi connectivity index (χ1) is 40.4. The Hall–Kier alpha value is -8.30. The number of pyridine rings is 1. The van der Waals surface area contributed by atoms with Crippen molar-refractivity contribution >= 4 is 55.0 Å². The van der Waals surface area contributed by atoms with Crippen LogP contribution in [-0.2, 0) is 27.1 Å². The number of nitrogens with two attached hydrogens (primary N) is 1. The van der Waals surface area contributed by atoms with Gasteiger partial charge in [-0.15, -0.1) is 16.4 Å². The highest BCUT2D eigenvalue weighted by Crippen LogP contribution is 2.52. The standard InChI is InChI=1S/C61H60F4N12O6S/c1-31(2)53(59(80)76-28-40(78)22-49(76)58(79)70-33(4)35-9-11-36(12-10-35)42-15-18-68-25-32(42)3)77-29-48(73-74-77)37-7-5-34(6-8-37)30-82-54-51(43-13-14-47(62)55-50(43)45(24-66)56(67)84-55)46(61(63,64)65)23-44-52(54)71-60(83-41-16-19-81-20-17-41)72-57(44)75-27-38-21-39(75)26-69-38/h5-15,18,23,25,29,31,33,38-41,49,53,69,78H,16-17,19-22,26-28,30,67H2,1-4H3,(H,70,79)/t33-,38-,39-,40+,49-,53-/m0/s1. The molecule has 8 heterocycles. The van der Waals surface area contributed by atoms with Crippen molar-refractivity contribution in [3.05, 3.63) is 125 Å². The topological polar surface area (TPSA) is 232 Å². The van der Waals surface area contributed by atoms with Gasteiger partial charge in [-0.1, -0.05) is 73.7 Å². The molecule has 5 N–H and O–H groups in total. The molecule has 4 saturated heterocycles. The number of thiophene rings is 1. The first kappa shape index (κ1) is 56.2. The minimum Gasteiger partial charge on any atom is -0.486 e. The second-order valence-corrected chi connectivity index (χ2v) is 23.4. The molecule has 4 aromatic heterocycles. The average molecular weight is 1170 g/mol. The number of nitrogens with zero attached hydrogens (tertiary/aromatic N) is 9. The molecule has 2 amide bonds. The number of carbonyl (C=O) groups excluding carboxylic acids is 2. The van der Waals surface area contributed by atoms with Crippen LogP contribution in [0.3, 0.4) is 0 Å². The maximum atomic E-state index is 16.0. The van der Waals surface area contributed by atoms with Gasteiger partial charge in [0.2, 0.25) is 11.8 Å². The molecule has 0 radical (unpaired) electrons. The lowest BCUT2D eigenvalue weighted by atomic mass is 9.92. The number of benzene rings is 4. The van der Waals surface area contributed by atoms with Gasteiger partial charge in [-0.3, -0.25) is 14.6 Å². The summed E-state index contributed by atoms with van der Waals surface area (Å²) in [5.41, 5.74) is 9.88. The van der Waals surface area contributed by atoms with Crippen LogP contribution in [0.25, 0.3) is 54.5 Å². The summed E-state index contributed by atoms with van der Waals surface area (Å²) < 4.78 is 83.6. The van der Waals surface area contributed by atoms with E-state index in [0.717, 1.165) is 52.1 Å². The molecule has 0 aliphatic carbocycles. The Kier molecular flexibility index (Phi) is 15.2. The average Bonchev–Trinajstić information content (AvgIpc) is 2.30. The predicted molar refractivity (Wildman–Crippen MR) is 307 cm³/mol. The van der Waals surface area contributed by atoms with Gasteiger partial charge in [-0.2, -0.15) is 28.4 Å². The highest BCUT2D eigenvalue weighted by molar-refractivity contribution is 7.23. The van der Waals surface area contributed by atoms with E-state index in [9.17, 15) is 20.0 Å². The molecule has 18 nitrogen and oxygen atoms in total. The molecule has 434 valence electrons. The van der Waals surface area contributed by atoms with Crippen molar-refractivity contribution in [1.29, 1.82) is 5.26 Å². The summed E-state index contributed by atoms with van der Waals surface area (Å²) in [6, 6.07) is 19.7. The third-order valence-corrected chi connectivity index (χ3v) is 17.5. The molecule has 4 fully saturated rings. The maximum Gasteiger partial charge on any atom is 0.417 e. The number of nitrogen functional groups attached to an aromatic ring is 1. The van der Waals surface area contributed by atoms with Crippen LogP contribution in [-0.4, -0.2) is 115 Å². The molecule has 4 aliphatic heterocycles. The number of halogens is 4. The summed E-state index contributed by atoms with van der Waals surface area (Å²) >= 11 is 0.768. The van der Waals surface area contributed by atoms with E-state index in [1.165, 1.54) is 15.6 Å². The van der Waals surface area contributed by atoms with Crippen LogP contribution in [0.15, 0.2) is 91.4 Å². The Balaban J connectivity index is 0.843. The number of hydrogen-bond donors (Lipinski definition) is 4. The Morgan fingerprint density at radius 2 is 1.76 bits per heavy atom. The van der Waals surface area contributed by atoms with Crippen molar-refractivity contribution in [3.8, 4) is 51.3 Å². The number of amides is 2. The molecule has 0 saturated carbocycles. The van der Waals surface area contributed by atoms with E-state index in [0.29, 0.717) is 56.0 Å². The number of nitriles is 1. The fourth-order valence-electron chi connectivity index (χ4n) is 12.2. The zero-order valence-corrected chi connectivity index (χ0v) is 47.2. The first-order valence-electron chi connectivity index (χ1n) is 28.0. The number of β-amino-alcohol motifs (C(OH)–C–C–N with tert-alkyl or cyclic N) is 1. The zero-order valence-electron chi connectivity index (χ0n) is 46.4. The molecule has 0 unspecified atom stereocenters. The highest BCUT2D eigenvalue weighted by Gasteiger charge is 2.45. The fourth-order valence-corrected chi connectivity index (χ4v) is 13.1. The Labute approximate surface area is 484 Å². The maximum absolute atomic E-state index is 16.0. The number of piperazine rings is 1. The third-order valence-electron chi connectivity index (χ3n) is 16.5. The van der Waals surface area contributed by atoms with Crippen LogP contribution in [0.4, 0.5) is 28.4 Å². The van der Waals surface area contributed by atoms with E-state index in [-0.39, 0.29) is 98.4 Å². The molecule has 2 bridgehead atoms. The second kappa shape index (κ2) is 22.7. The molecular formula is C61H60F4N12O6S. The molecule has 6 atom stereocenters. The monoisotopic (exact) mass is 1160 g/mol. The molecule has 8 aromatic rings. The number of likely N-dealkylation sites (tertiary alicyclic amines) is 1. The van der Waals surface area contributed by atoms with Crippen LogP contribution in [0.2, 0.25) is 0 Å². The Bertz CT molecular complexity index is 3870. The number of rotatable bonds is 15. The molecular weight excluding hydrogens is 1100 g/mol. The van der Waals surface area contributed by atoms with Gasteiger partial charge in [-0.25, -0.2) is 9.07 Å². The normalized spacial score (nSPS) is 19.8. The number of aryl methyl sites for hydroxylation is 1. The quantitative estimate of drug-likeness (QED) is 0.0700. The Morgan fingerprint density at radius 3 is 2.45 bits per heavy atom. The molecule has 23 heteroatoms. The van der Waals surface area contributed by atoms with E-state index in [1.807, 2.05) is 69.0 Å². The van der Waals surface area contributed by atoms with E-state index < -0.39 is 59.2 Å². The molecule has 0 spiro atoms. The summed E-state index contributed by atoms with van der Waals surface area (Å²) in [7, 11) is 0. The van der Waals surface area contributed by atoms with Gasteiger partial charge in [0.15, 0.2) is 5.75 Å². The molecule has 84 heavy (non-hydrogen) atoms. The number of aliphatic hydroxyl groups excluding tert-OH is 1. The number of alkyl halides is 3. The summed E-state index contributed by atoms with van der Waals surface area (Å²) in [5.74, 6) is -1.93. The van der Waals surface area contributed by atoms with E-state index in [1.54, 1.807) is 42.9 Å². The van der Waals surface area contributed by atoms with Gasteiger partial charge in [0.1, 0.15) is 58.7 Å². The smallest absolute Gasteiger partial charge is 0.417 e. The number of carbonyl (C=O) groups is 2. The predicted octanol–water partition coefficient (Wildman–Crippen LogP) is 9.48. The van der Waals surface area contributed by atoms with Crippen LogP contribution >= 0.6 is 11.3 Å². The van der Waals surface area contributed by atoms with E-state index in [4.69, 9.17) is 29.9 Å². The number of fused-ring (bicyclic) bond motifs is 4. The molecule has 4 aliphatic rings. The van der Waals surface area contributed by atoms with Gasteiger partial charge in [0.05, 0.1) is 47.4 Å². The largest absolute Gasteiger partial charge is 0.486 e. The number of ether oxygens (including phenoxy) is 3. The van der Waals surface area contributed by atoms with Crippen molar-refractivity contribution in [2.75, 3.05) is 43.5 Å². The highest BCUT2D eigenvalue weighted by atomic mass is 32.1. The number of anilines is 2. The van der Waals surface area contributed by atoms with Crippen LogP contribution < -0.4 is 30.7 Å². The van der Waals surface area contributed by atoms with Crippen molar-refractivity contribution in [3.63, 3.8) is 0 Å². The minimum atomic E-state index is -5.02. The van der Waals surface area contributed by atoms with Crippen molar-refractivity contribution in [1.82, 2.24) is 45.5 Å². The summed E-state index contributed by atoms with van der Waals surface area (Å²) in [5, 5.41) is 36.5.